The predicted octanol–water partition coefficient (Wildman–Crippen LogP) is 3.39. The van der Waals surface area contributed by atoms with Crippen molar-refractivity contribution in [1.29, 1.82) is 0 Å². The van der Waals surface area contributed by atoms with E-state index < -0.39 is 0 Å². The van der Waals surface area contributed by atoms with Crippen molar-refractivity contribution in [2.45, 2.75) is 19.9 Å². The summed E-state index contributed by atoms with van der Waals surface area (Å²) in [5.74, 6) is 0.0789. The van der Waals surface area contributed by atoms with Crippen LogP contribution in [-0.2, 0) is 4.79 Å². The second kappa shape index (κ2) is 6.12. The van der Waals surface area contributed by atoms with Gasteiger partial charge in [0.1, 0.15) is 0 Å². The summed E-state index contributed by atoms with van der Waals surface area (Å²) in [6.45, 7) is 3.70. The Labute approximate surface area is 106 Å². The molecule has 0 aliphatic rings. The normalized spacial score (nSPS) is 14.2. The molecule has 16 heavy (non-hydrogen) atoms. The third kappa shape index (κ3) is 3.39. The summed E-state index contributed by atoms with van der Waals surface area (Å²) in [5, 5.41) is 3.54. The number of carbonyl (C=O) groups is 1. The predicted molar refractivity (Wildman–Crippen MR) is 67.9 cm³/mol. The summed E-state index contributed by atoms with van der Waals surface area (Å²) < 4.78 is 0. The summed E-state index contributed by atoms with van der Waals surface area (Å²) in [6, 6.07) is 7.37. The molecule has 4 heteroatoms. The third-order valence-corrected chi connectivity index (χ3v) is 3.22. The fraction of sp³-hybridized carbons (Fsp3) is 0.417. The Balaban J connectivity index is 2.69. The zero-order valence-electron chi connectivity index (χ0n) is 9.34. The maximum Gasteiger partial charge on any atom is 0.224 e. The maximum absolute atomic E-state index is 11.6. The van der Waals surface area contributed by atoms with E-state index in [4.69, 9.17) is 23.2 Å². The zero-order valence-corrected chi connectivity index (χ0v) is 10.8. The van der Waals surface area contributed by atoms with E-state index in [0.717, 1.165) is 5.56 Å². The van der Waals surface area contributed by atoms with Crippen LogP contribution in [0.4, 0.5) is 0 Å². The Kier molecular flexibility index (Phi) is 5.10. The number of amides is 1. The zero-order chi connectivity index (χ0) is 12.1. The third-order valence-electron chi connectivity index (χ3n) is 2.41. The highest BCUT2D eigenvalue weighted by atomic mass is 35.5. The highest BCUT2D eigenvalue weighted by Gasteiger charge is 2.16. The van der Waals surface area contributed by atoms with Crippen LogP contribution in [0.5, 0.6) is 0 Å². The van der Waals surface area contributed by atoms with Gasteiger partial charge in [-0.2, -0.15) is 0 Å². The Hall–Kier alpha value is -0.730. The van der Waals surface area contributed by atoms with E-state index in [2.05, 4.69) is 5.32 Å². The van der Waals surface area contributed by atoms with Crippen LogP contribution in [0.2, 0.25) is 5.02 Å². The molecule has 0 spiro atoms. The first-order valence-corrected chi connectivity index (χ1v) is 6.08. The Bertz CT molecular complexity index is 368. The molecule has 1 rings (SSSR count). The van der Waals surface area contributed by atoms with E-state index in [1.54, 1.807) is 6.92 Å². The molecule has 0 aliphatic heterocycles. The Morgan fingerprint density at radius 2 is 2.00 bits per heavy atom. The molecule has 0 fully saturated rings. The summed E-state index contributed by atoms with van der Waals surface area (Å²) in [7, 11) is 0. The van der Waals surface area contributed by atoms with Crippen molar-refractivity contribution in [3.8, 4) is 0 Å². The van der Waals surface area contributed by atoms with Gasteiger partial charge in [-0.1, -0.05) is 36.7 Å². The molecule has 1 N–H and O–H groups in total. The average Bonchev–Trinajstić information content (AvgIpc) is 2.28. The van der Waals surface area contributed by atoms with Crippen LogP contribution in [0.25, 0.3) is 0 Å². The lowest BCUT2D eigenvalue weighted by molar-refractivity contribution is -0.124. The minimum atomic E-state index is -0.188. The van der Waals surface area contributed by atoms with Gasteiger partial charge in [0, 0.05) is 16.8 Å². The summed E-state index contributed by atoms with van der Waals surface area (Å²) >= 11 is 11.7. The molecular weight excluding hydrogens is 245 g/mol. The highest BCUT2D eigenvalue weighted by Crippen LogP contribution is 2.22. The number of halogens is 2. The van der Waals surface area contributed by atoms with Crippen molar-refractivity contribution in [2.75, 3.05) is 5.88 Å². The quantitative estimate of drug-likeness (QED) is 0.826. The lowest BCUT2D eigenvalue weighted by atomic mass is 10.1. The van der Waals surface area contributed by atoms with E-state index >= 15 is 0 Å². The molecule has 0 aliphatic carbocycles. The molecule has 0 aromatic heterocycles. The van der Waals surface area contributed by atoms with Crippen LogP contribution in [0.15, 0.2) is 24.3 Å². The summed E-state index contributed by atoms with van der Waals surface area (Å²) in [5.41, 5.74) is 0.916. The van der Waals surface area contributed by atoms with Crippen LogP contribution in [0, 0.1) is 5.92 Å². The van der Waals surface area contributed by atoms with Crippen molar-refractivity contribution in [2.24, 2.45) is 5.92 Å². The second-order valence-corrected chi connectivity index (χ2v) is 4.52. The number of hydrogen-bond acceptors (Lipinski definition) is 1. The van der Waals surface area contributed by atoms with Crippen LogP contribution < -0.4 is 5.32 Å². The Morgan fingerprint density at radius 1 is 1.38 bits per heavy atom. The molecule has 2 nitrogen and oxygen atoms in total. The van der Waals surface area contributed by atoms with Gasteiger partial charge in [0.25, 0.3) is 0 Å². The van der Waals surface area contributed by atoms with Crippen LogP contribution >= 0.6 is 23.2 Å². The fourth-order valence-corrected chi connectivity index (χ4v) is 1.77. The molecule has 1 aromatic carbocycles. The standard InChI is InChI=1S/C12H15Cl2NO/c1-8(7-13)12(16)15-9(2)10-5-3-4-6-11(10)14/h3-6,8-9H,7H2,1-2H3,(H,15,16)/t8?,9-/m1/s1. The fourth-order valence-electron chi connectivity index (χ4n) is 1.33. The van der Waals surface area contributed by atoms with Gasteiger partial charge in [0.05, 0.1) is 6.04 Å². The van der Waals surface area contributed by atoms with Gasteiger partial charge in [-0.3, -0.25) is 4.79 Å². The molecule has 1 aromatic rings. The number of hydrogen-bond donors (Lipinski definition) is 1. The number of carbonyl (C=O) groups excluding carboxylic acids is 1. The van der Waals surface area contributed by atoms with Gasteiger partial charge in [-0.05, 0) is 18.6 Å². The minimum absolute atomic E-state index is 0.0533. The van der Waals surface area contributed by atoms with Crippen molar-refractivity contribution in [1.82, 2.24) is 5.32 Å². The van der Waals surface area contributed by atoms with E-state index in [0.29, 0.717) is 10.9 Å². The second-order valence-electron chi connectivity index (χ2n) is 3.81. The maximum atomic E-state index is 11.6. The highest BCUT2D eigenvalue weighted by molar-refractivity contribution is 6.31. The van der Waals surface area contributed by atoms with Crippen molar-refractivity contribution >= 4 is 29.1 Å². The van der Waals surface area contributed by atoms with Crippen molar-refractivity contribution in [3.05, 3.63) is 34.9 Å². The minimum Gasteiger partial charge on any atom is -0.349 e. The van der Waals surface area contributed by atoms with Crippen LogP contribution in [-0.4, -0.2) is 11.8 Å². The SMILES string of the molecule is CC(CCl)C(=O)N[C@H](C)c1ccccc1Cl. The molecule has 0 saturated carbocycles. The average molecular weight is 260 g/mol. The summed E-state index contributed by atoms with van der Waals surface area (Å²) in [6.07, 6.45) is 0. The van der Waals surface area contributed by atoms with Crippen molar-refractivity contribution < 1.29 is 4.79 Å². The molecule has 1 unspecified atom stereocenters. The topological polar surface area (TPSA) is 29.1 Å². The van der Waals surface area contributed by atoms with Crippen molar-refractivity contribution in [3.63, 3.8) is 0 Å². The first-order valence-electron chi connectivity index (χ1n) is 5.17. The monoisotopic (exact) mass is 259 g/mol. The van der Waals surface area contributed by atoms with E-state index in [-0.39, 0.29) is 17.9 Å². The lowest BCUT2D eigenvalue weighted by Crippen LogP contribution is -2.32. The Morgan fingerprint density at radius 3 is 2.56 bits per heavy atom. The number of alkyl halides is 1. The van der Waals surface area contributed by atoms with E-state index in [9.17, 15) is 4.79 Å². The van der Waals surface area contributed by atoms with E-state index in [1.165, 1.54) is 0 Å². The molecule has 1 amide bonds. The molecule has 0 radical (unpaired) electrons. The van der Waals surface area contributed by atoms with Gasteiger partial charge in [-0.15, -0.1) is 11.6 Å². The van der Waals surface area contributed by atoms with Gasteiger partial charge >= 0.3 is 0 Å². The number of benzene rings is 1. The molecule has 88 valence electrons. The van der Waals surface area contributed by atoms with Gasteiger partial charge < -0.3 is 5.32 Å². The van der Waals surface area contributed by atoms with E-state index in [1.807, 2.05) is 31.2 Å². The number of nitrogens with one attached hydrogen (secondary N) is 1. The van der Waals surface area contributed by atoms with Gasteiger partial charge in [0.2, 0.25) is 5.91 Å². The first kappa shape index (κ1) is 13.3. The van der Waals surface area contributed by atoms with Crippen LogP contribution in [0.1, 0.15) is 25.5 Å². The van der Waals surface area contributed by atoms with Crippen LogP contribution in [0.3, 0.4) is 0 Å². The lowest BCUT2D eigenvalue weighted by Gasteiger charge is -2.17. The largest absolute Gasteiger partial charge is 0.349 e. The van der Waals surface area contributed by atoms with Gasteiger partial charge in [0.15, 0.2) is 0 Å². The molecule has 0 bridgehead atoms. The molecular formula is C12H15Cl2NO. The smallest absolute Gasteiger partial charge is 0.224 e. The molecule has 0 heterocycles. The van der Waals surface area contributed by atoms with Gasteiger partial charge in [-0.25, -0.2) is 0 Å². The summed E-state index contributed by atoms with van der Waals surface area (Å²) in [4.78, 5) is 11.6. The number of rotatable bonds is 4. The molecule has 2 atom stereocenters. The molecule has 0 saturated heterocycles. The first-order chi connectivity index (χ1) is 7.56.